The van der Waals surface area contributed by atoms with Crippen LogP contribution in [0.25, 0.3) is 0 Å². The molecule has 0 aliphatic carbocycles. The lowest BCUT2D eigenvalue weighted by Gasteiger charge is -2.28. The van der Waals surface area contributed by atoms with Crippen LogP contribution in [0.2, 0.25) is 0 Å². The minimum Gasteiger partial charge on any atom is -0.361 e. The summed E-state index contributed by atoms with van der Waals surface area (Å²) in [5.41, 5.74) is 0.874. The van der Waals surface area contributed by atoms with E-state index in [2.05, 4.69) is 5.16 Å². The van der Waals surface area contributed by atoms with Gasteiger partial charge in [-0.1, -0.05) is 30.1 Å². The number of carbonyl (C=O) groups is 1. The molecule has 1 aliphatic rings. The summed E-state index contributed by atoms with van der Waals surface area (Å²) in [7, 11) is 0. The first kappa shape index (κ1) is 14.8. The molecule has 1 fully saturated rings. The highest BCUT2D eigenvalue weighted by molar-refractivity contribution is 5.94. The Kier molecular flexibility index (Phi) is 4.22. The van der Waals surface area contributed by atoms with Crippen LogP contribution in [0.5, 0.6) is 0 Å². The summed E-state index contributed by atoms with van der Waals surface area (Å²) in [6.45, 7) is 2.44. The van der Waals surface area contributed by atoms with Crippen molar-refractivity contribution in [3.05, 3.63) is 53.2 Å². The molecule has 4 nitrogen and oxygen atoms in total. The second-order valence-electron chi connectivity index (χ2n) is 5.71. The Morgan fingerprint density at radius 2 is 2.14 bits per heavy atom. The summed E-state index contributed by atoms with van der Waals surface area (Å²) >= 11 is 0. The molecule has 1 aromatic carbocycles. The normalized spacial score (nSPS) is 19.0. The fourth-order valence-corrected chi connectivity index (χ4v) is 2.99. The molecule has 0 spiro atoms. The number of hydrogen-bond donors (Lipinski definition) is 0. The molecule has 116 valence electrons. The quantitative estimate of drug-likeness (QED) is 0.845. The number of rotatable bonds is 2. The molecule has 22 heavy (non-hydrogen) atoms. The molecule has 0 radical (unpaired) electrons. The van der Waals surface area contributed by atoms with Crippen LogP contribution in [0, 0.1) is 12.7 Å². The van der Waals surface area contributed by atoms with Crippen molar-refractivity contribution in [2.24, 2.45) is 0 Å². The van der Waals surface area contributed by atoms with Gasteiger partial charge in [-0.25, -0.2) is 4.39 Å². The van der Waals surface area contributed by atoms with E-state index in [1.807, 2.05) is 13.0 Å². The first-order valence-electron chi connectivity index (χ1n) is 7.65. The fourth-order valence-electron chi connectivity index (χ4n) is 2.99. The summed E-state index contributed by atoms with van der Waals surface area (Å²) < 4.78 is 19.1. The van der Waals surface area contributed by atoms with Crippen LogP contribution >= 0.6 is 0 Å². The van der Waals surface area contributed by atoms with Crippen molar-refractivity contribution in [2.45, 2.75) is 38.6 Å². The topological polar surface area (TPSA) is 46.3 Å². The van der Waals surface area contributed by atoms with E-state index < -0.39 is 5.82 Å². The van der Waals surface area contributed by atoms with E-state index in [9.17, 15) is 9.18 Å². The largest absolute Gasteiger partial charge is 0.361 e. The number of nitrogens with zero attached hydrogens (tertiary/aromatic N) is 2. The van der Waals surface area contributed by atoms with Crippen LogP contribution in [0.1, 0.15) is 53.5 Å². The Bertz CT molecular complexity index is 668. The summed E-state index contributed by atoms with van der Waals surface area (Å²) in [5.74, 6) is -0.0324. The van der Waals surface area contributed by atoms with Gasteiger partial charge < -0.3 is 9.42 Å². The number of halogens is 1. The van der Waals surface area contributed by atoms with Gasteiger partial charge in [-0.15, -0.1) is 0 Å². The maximum Gasteiger partial charge on any atom is 0.257 e. The van der Waals surface area contributed by atoms with Gasteiger partial charge in [0.15, 0.2) is 0 Å². The average molecular weight is 302 g/mol. The monoisotopic (exact) mass is 302 g/mol. The third-order valence-electron chi connectivity index (χ3n) is 4.11. The van der Waals surface area contributed by atoms with Gasteiger partial charge in [-0.3, -0.25) is 4.79 Å². The number of hydrogen-bond acceptors (Lipinski definition) is 3. The lowest BCUT2D eigenvalue weighted by Crippen LogP contribution is -2.35. The molecular formula is C17H19FN2O2. The average Bonchev–Trinajstić information content (AvgIpc) is 2.80. The van der Waals surface area contributed by atoms with Crippen molar-refractivity contribution in [3.63, 3.8) is 0 Å². The number of aromatic nitrogens is 1. The summed E-state index contributed by atoms with van der Waals surface area (Å²) in [5, 5.41) is 4.07. The Balaban J connectivity index is 1.94. The molecule has 5 heteroatoms. The highest BCUT2D eigenvalue weighted by atomic mass is 19.1. The Morgan fingerprint density at radius 1 is 1.32 bits per heavy atom. The predicted octanol–water partition coefficient (Wildman–Crippen LogP) is 3.88. The molecule has 2 aromatic rings. The minimum absolute atomic E-state index is 0.120. The Morgan fingerprint density at radius 3 is 2.86 bits per heavy atom. The summed E-state index contributed by atoms with van der Waals surface area (Å²) in [4.78, 5) is 14.5. The van der Waals surface area contributed by atoms with Crippen LogP contribution in [-0.4, -0.2) is 22.5 Å². The SMILES string of the molecule is Cc1cc([C@@H]2CCCCCN2C(=O)c2ccccc2F)no1. The van der Waals surface area contributed by atoms with E-state index >= 15 is 0 Å². The molecule has 1 aromatic heterocycles. The van der Waals surface area contributed by atoms with E-state index in [-0.39, 0.29) is 17.5 Å². The highest BCUT2D eigenvalue weighted by Gasteiger charge is 2.30. The van der Waals surface area contributed by atoms with E-state index in [0.29, 0.717) is 6.54 Å². The minimum atomic E-state index is -0.480. The number of likely N-dealkylation sites (tertiary alicyclic amines) is 1. The van der Waals surface area contributed by atoms with Crippen molar-refractivity contribution in [3.8, 4) is 0 Å². The van der Waals surface area contributed by atoms with E-state index in [0.717, 1.165) is 37.1 Å². The summed E-state index contributed by atoms with van der Waals surface area (Å²) in [6, 6.07) is 7.84. The van der Waals surface area contributed by atoms with Crippen molar-refractivity contribution in [1.29, 1.82) is 0 Å². The predicted molar refractivity (Wildman–Crippen MR) is 79.9 cm³/mol. The molecular weight excluding hydrogens is 283 g/mol. The van der Waals surface area contributed by atoms with Gasteiger partial charge in [0, 0.05) is 12.6 Å². The van der Waals surface area contributed by atoms with Gasteiger partial charge in [0.25, 0.3) is 5.91 Å². The maximum atomic E-state index is 13.9. The lowest BCUT2D eigenvalue weighted by atomic mass is 10.0. The number of benzene rings is 1. The van der Waals surface area contributed by atoms with Gasteiger partial charge in [0.1, 0.15) is 17.3 Å². The first-order valence-corrected chi connectivity index (χ1v) is 7.65. The molecule has 1 aliphatic heterocycles. The van der Waals surface area contributed by atoms with E-state index in [4.69, 9.17) is 4.52 Å². The summed E-state index contributed by atoms with van der Waals surface area (Å²) in [6.07, 6.45) is 3.84. The second-order valence-corrected chi connectivity index (χ2v) is 5.71. The highest BCUT2D eigenvalue weighted by Crippen LogP contribution is 2.31. The van der Waals surface area contributed by atoms with Crippen molar-refractivity contribution in [2.75, 3.05) is 6.54 Å². The van der Waals surface area contributed by atoms with Crippen LogP contribution in [0.3, 0.4) is 0 Å². The standard InChI is InChI=1S/C17H19FN2O2/c1-12-11-15(19-22-12)16-9-3-2-6-10-20(16)17(21)13-7-4-5-8-14(13)18/h4-5,7-8,11,16H,2-3,6,9-10H2,1H3/t16-/m0/s1. The Hall–Kier alpha value is -2.17. The van der Waals surface area contributed by atoms with Crippen LogP contribution in [-0.2, 0) is 0 Å². The zero-order valence-corrected chi connectivity index (χ0v) is 12.6. The van der Waals surface area contributed by atoms with Crippen LogP contribution in [0.15, 0.2) is 34.9 Å². The Labute approximate surface area is 128 Å². The van der Waals surface area contributed by atoms with Crippen molar-refractivity contribution in [1.82, 2.24) is 10.1 Å². The molecule has 0 unspecified atom stereocenters. The maximum absolute atomic E-state index is 13.9. The van der Waals surface area contributed by atoms with E-state index in [1.165, 1.54) is 12.1 Å². The van der Waals surface area contributed by atoms with Gasteiger partial charge in [0.05, 0.1) is 11.6 Å². The number of amides is 1. The zero-order chi connectivity index (χ0) is 15.5. The molecule has 0 bridgehead atoms. The van der Waals surface area contributed by atoms with Gasteiger partial charge in [0.2, 0.25) is 0 Å². The number of carbonyl (C=O) groups excluding carboxylic acids is 1. The number of aryl methyl sites for hydroxylation is 1. The lowest BCUT2D eigenvalue weighted by molar-refractivity contribution is 0.0669. The first-order chi connectivity index (χ1) is 10.7. The van der Waals surface area contributed by atoms with Gasteiger partial charge in [-0.2, -0.15) is 0 Å². The zero-order valence-electron chi connectivity index (χ0n) is 12.6. The second kappa shape index (κ2) is 6.30. The van der Waals surface area contributed by atoms with Crippen LogP contribution < -0.4 is 0 Å². The molecule has 1 saturated heterocycles. The molecule has 2 heterocycles. The van der Waals surface area contributed by atoms with Crippen LogP contribution in [0.4, 0.5) is 4.39 Å². The van der Waals surface area contributed by atoms with Crippen molar-refractivity contribution >= 4 is 5.91 Å². The van der Waals surface area contributed by atoms with Crippen molar-refractivity contribution < 1.29 is 13.7 Å². The van der Waals surface area contributed by atoms with Gasteiger partial charge >= 0.3 is 0 Å². The fraction of sp³-hybridized carbons (Fsp3) is 0.412. The van der Waals surface area contributed by atoms with Gasteiger partial charge in [-0.05, 0) is 31.9 Å². The molecule has 0 saturated carbocycles. The third kappa shape index (κ3) is 2.89. The third-order valence-corrected chi connectivity index (χ3v) is 4.11. The molecule has 0 N–H and O–H groups in total. The molecule has 1 atom stereocenters. The van der Waals surface area contributed by atoms with E-state index in [1.54, 1.807) is 17.0 Å². The molecule has 1 amide bonds. The smallest absolute Gasteiger partial charge is 0.257 e. The molecule has 3 rings (SSSR count).